The number of methoxy groups -OCH3 is 5. The second-order valence-corrected chi connectivity index (χ2v) is 10.8. The van der Waals surface area contributed by atoms with Gasteiger partial charge in [-0.25, -0.2) is 9.97 Å². The van der Waals surface area contributed by atoms with Crippen LogP contribution in [0.25, 0.3) is 11.0 Å². The standard InChI is InChI=1S/C29H50N8O5/c1-38-19-15-36(16-20-39-2)28-31-25-24(26(32-28)34-11-7-6-8-12-34)30-29(37(17-21-40-3)18-22-41-4)33-27(25)35-13-9-23(42-5)10-14-35/h23H,6-22H2,1-5H3. The Bertz CT molecular complexity index is 1070. The fourth-order valence-corrected chi connectivity index (χ4v) is 5.53. The highest BCUT2D eigenvalue weighted by molar-refractivity contribution is 5.95. The van der Waals surface area contributed by atoms with Crippen molar-refractivity contribution in [3.05, 3.63) is 0 Å². The minimum Gasteiger partial charge on any atom is -0.383 e. The minimum absolute atomic E-state index is 0.251. The highest BCUT2D eigenvalue weighted by atomic mass is 16.5. The molecule has 0 spiro atoms. The predicted octanol–water partition coefficient (Wildman–Crippen LogP) is 2.22. The summed E-state index contributed by atoms with van der Waals surface area (Å²) in [5.41, 5.74) is 1.56. The molecule has 0 aliphatic carbocycles. The summed E-state index contributed by atoms with van der Waals surface area (Å²) in [5.74, 6) is 3.00. The molecule has 4 rings (SSSR count). The molecule has 0 aromatic carbocycles. The molecular weight excluding hydrogens is 540 g/mol. The third-order valence-electron chi connectivity index (χ3n) is 8.04. The van der Waals surface area contributed by atoms with Gasteiger partial charge in [0.15, 0.2) is 11.6 Å². The van der Waals surface area contributed by atoms with Gasteiger partial charge in [-0.1, -0.05) is 0 Å². The number of aromatic nitrogens is 4. The van der Waals surface area contributed by atoms with E-state index in [-0.39, 0.29) is 6.10 Å². The summed E-state index contributed by atoms with van der Waals surface area (Å²) in [5, 5.41) is 0. The fourth-order valence-electron chi connectivity index (χ4n) is 5.53. The van der Waals surface area contributed by atoms with Crippen LogP contribution in [-0.4, -0.2) is 140 Å². The van der Waals surface area contributed by atoms with Crippen LogP contribution in [-0.2, 0) is 23.7 Å². The van der Waals surface area contributed by atoms with Crippen molar-refractivity contribution in [2.45, 2.75) is 38.2 Å². The minimum atomic E-state index is 0.251. The van der Waals surface area contributed by atoms with Gasteiger partial charge in [-0.2, -0.15) is 9.97 Å². The lowest BCUT2D eigenvalue weighted by atomic mass is 10.1. The maximum Gasteiger partial charge on any atom is 0.228 e. The maximum atomic E-state index is 5.68. The van der Waals surface area contributed by atoms with Gasteiger partial charge in [0.25, 0.3) is 0 Å². The lowest BCUT2D eigenvalue weighted by Crippen LogP contribution is -2.39. The first-order valence-corrected chi connectivity index (χ1v) is 15.2. The van der Waals surface area contributed by atoms with E-state index in [2.05, 4.69) is 19.6 Å². The lowest BCUT2D eigenvalue weighted by molar-refractivity contribution is 0.0818. The molecule has 2 saturated heterocycles. The molecule has 236 valence electrons. The van der Waals surface area contributed by atoms with Crippen LogP contribution in [0.1, 0.15) is 32.1 Å². The number of hydrogen-bond acceptors (Lipinski definition) is 13. The molecule has 0 amide bonds. The monoisotopic (exact) mass is 590 g/mol. The van der Waals surface area contributed by atoms with Crippen LogP contribution in [0.5, 0.6) is 0 Å². The molecule has 0 bridgehead atoms. The summed E-state index contributed by atoms with van der Waals surface area (Å²) >= 11 is 0. The van der Waals surface area contributed by atoms with E-state index in [1.807, 2.05) is 0 Å². The molecule has 0 atom stereocenters. The Kier molecular flexibility index (Phi) is 13.0. The van der Waals surface area contributed by atoms with Crippen molar-refractivity contribution in [2.24, 2.45) is 0 Å². The molecule has 0 N–H and O–H groups in total. The number of piperidine rings is 2. The molecule has 13 heteroatoms. The molecule has 0 radical (unpaired) electrons. The summed E-state index contributed by atoms with van der Waals surface area (Å²) in [6, 6.07) is 0. The second-order valence-electron chi connectivity index (χ2n) is 10.8. The summed E-state index contributed by atoms with van der Waals surface area (Å²) in [7, 11) is 8.64. The third-order valence-corrected chi connectivity index (χ3v) is 8.04. The van der Waals surface area contributed by atoms with E-state index in [0.717, 1.165) is 74.5 Å². The SMILES string of the molecule is COCCN(CCOC)c1nc(N2CCC(OC)CC2)c2nc(N(CCOC)CCOC)nc(N3CCCCC3)c2n1. The Balaban J connectivity index is 1.90. The highest BCUT2D eigenvalue weighted by Gasteiger charge is 2.28. The first-order valence-electron chi connectivity index (χ1n) is 15.2. The number of anilines is 4. The molecule has 2 fully saturated rings. The molecule has 0 unspecified atom stereocenters. The van der Waals surface area contributed by atoms with E-state index in [1.54, 1.807) is 35.5 Å². The topological polar surface area (TPSA) is 111 Å². The van der Waals surface area contributed by atoms with E-state index in [4.69, 9.17) is 43.6 Å². The largest absolute Gasteiger partial charge is 0.383 e. The molecule has 4 heterocycles. The normalized spacial score (nSPS) is 16.4. The van der Waals surface area contributed by atoms with Crippen molar-refractivity contribution < 1.29 is 23.7 Å². The van der Waals surface area contributed by atoms with Crippen LogP contribution >= 0.6 is 0 Å². The van der Waals surface area contributed by atoms with E-state index < -0.39 is 0 Å². The van der Waals surface area contributed by atoms with Gasteiger partial charge >= 0.3 is 0 Å². The van der Waals surface area contributed by atoms with Crippen molar-refractivity contribution >= 4 is 34.6 Å². The van der Waals surface area contributed by atoms with Crippen molar-refractivity contribution in [1.29, 1.82) is 0 Å². The second kappa shape index (κ2) is 16.9. The van der Waals surface area contributed by atoms with Gasteiger partial charge in [-0.3, -0.25) is 0 Å². The average Bonchev–Trinajstić information content (AvgIpc) is 3.04. The average molecular weight is 591 g/mol. The molecule has 13 nitrogen and oxygen atoms in total. The van der Waals surface area contributed by atoms with Crippen LogP contribution in [0, 0.1) is 0 Å². The zero-order valence-corrected chi connectivity index (χ0v) is 26.2. The Morgan fingerprint density at radius 3 is 1.36 bits per heavy atom. The van der Waals surface area contributed by atoms with Crippen molar-refractivity contribution in [3.8, 4) is 0 Å². The van der Waals surface area contributed by atoms with Crippen LogP contribution in [0.15, 0.2) is 0 Å². The first-order chi connectivity index (χ1) is 20.6. The number of ether oxygens (including phenoxy) is 5. The Labute approximate surface area is 250 Å². The van der Waals surface area contributed by atoms with Gasteiger partial charge in [-0.15, -0.1) is 0 Å². The molecular formula is C29H50N8O5. The van der Waals surface area contributed by atoms with Crippen LogP contribution in [0.4, 0.5) is 23.5 Å². The van der Waals surface area contributed by atoms with Gasteiger partial charge in [0, 0.05) is 87.9 Å². The van der Waals surface area contributed by atoms with Crippen molar-refractivity contribution in [3.63, 3.8) is 0 Å². The molecule has 2 aromatic heterocycles. The Morgan fingerprint density at radius 1 is 0.571 bits per heavy atom. The van der Waals surface area contributed by atoms with Crippen molar-refractivity contribution in [2.75, 3.05) is 134 Å². The van der Waals surface area contributed by atoms with Gasteiger partial charge < -0.3 is 43.3 Å². The summed E-state index contributed by atoms with van der Waals surface area (Å²) in [6.45, 7) is 8.37. The molecule has 0 saturated carbocycles. The highest BCUT2D eigenvalue weighted by Crippen LogP contribution is 2.35. The summed E-state index contributed by atoms with van der Waals surface area (Å²) in [4.78, 5) is 29.8. The number of hydrogen-bond donors (Lipinski definition) is 0. The quantitative estimate of drug-likeness (QED) is 0.269. The van der Waals surface area contributed by atoms with Gasteiger partial charge in [0.05, 0.1) is 32.5 Å². The third kappa shape index (κ3) is 8.28. The fraction of sp³-hybridized carbons (Fsp3) is 0.793. The van der Waals surface area contributed by atoms with Gasteiger partial charge in [-0.05, 0) is 32.1 Å². The molecule has 2 aromatic rings. The first kappa shape index (κ1) is 32.3. The van der Waals surface area contributed by atoms with E-state index >= 15 is 0 Å². The number of nitrogens with zero attached hydrogens (tertiary/aromatic N) is 8. The zero-order chi connectivity index (χ0) is 29.7. The summed E-state index contributed by atoms with van der Waals surface area (Å²) in [6.07, 6.45) is 5.59. The number of rotatable bonds is 17. The van der Waals surface area contributed by atoms with Crippen LogP contribution in [0.2, 0.25) is 0 Å². The smallest absolute Gasteiger partial charge is 0.228 e. The van der Waals surface area contributed by atoms with Crippen molar-refractivity contribution in [1.82, 2.24) is 19.9 Å². The zero-order valence-electron chi connectivity index (χ0n) is 26.2. The van der Waals surface area contributed by atoms with E-state index in [1.165, 1.54) is 6.42 Å². The number of fused-ring (bicyclic) bond motifs is 1. The Hall–Kier alpha value is -2.58. The van der Waals surface area contributed by atoms with Gasteiger partial charge in [0.1, 0.15) is 11.0 Å². The van der Waals surface area contributed by atoms with E-state index in [0.29, 0.717) is 64.5 Å². The van der Waals surface area contributed by atoms with Crippen LogP contribution < -0.4 is 19.6 Å². The molecule has 42 heavy (non-hydrogen) atoms. The maximum absolute atomic E-state index is 5.68. The van der Waals surface area contributed by atoms with E-state index in [9.17, 15) is 0 Å². The summed E-state index contributed by atoms with van der Waals surface area (Å²) < 4.78 is 27.4. The van der Waals surface area contributed by atoms with Gasteiger partial charge in [0.2, 0.25) is 11.9 Å². The molecule has 2 aliphatic rings. The lowest BCUT2D eigenvalue weighted by Gasteiger charge is -2.34. The molecule has 2 aliphatic heterocycles. The predicted molar refractivity (Wildman–Crippen MR) is 165 cm³/mol. The Morgan fingerprint density at radius 2 is 0.976 bits per heavy atom. The van der Waals surface area contributed by atoms with Crippen LogP contribution in [0.3, 0.4) is 0 Å².